The number of nitrogens with one attached hydrogen (secondary N) is 2. The van der Waals surface area contributed by atoms with E-state index in [1.54, 1.807) is 6.07 Å². The fourth-order valence-electron chi connectivity index (χ4n) is 11.7. The number of aryl methyl sites for hydroxylation is 2. The normalized spacial score (nSPS) is 22.6. The zero-order chi connectivity index (χ0) is 54.8. The van der Waals surface area contributed by atoms with E-state index in [4.69, 9.17) is 19.7 Å². The molecule has 3 aromatic carbocycles. The number of aliphatic hydroxyl groups excluding tert-OH is 2. The molecule has 3 unspecified atom stereocenters. The maximum atomic E-state index is 13.9. The van der Waals surface area contributed by atoms with Crippen LogP contribution in [0, 0.1) is 0 Å². The van der Waals surface area contributed by atoms with Gasteiger partial charge in [0, 0.05) is 71.2 Å². The van der Waals surface area contributed by atoms with Gasteiger partial charge >= 0.3 is 29.4 Å². The van der Waals surface area contributed by atoms with Crippen molar-refractivity contribution in [1.29, 1.82) is 0 Å². The Morgan fingerprint density at radius 3 is 2.35 bits per heavy atom. The van der Waals surface area contributed by atoms with Crippen LogP contribution in [0.5, 0.6) is 11.5 Å². The number of amides is 1. The second-order valence-corrected chi connectivity index (χ2v) is 24.7. The van der Waals surface area contributed by atoms with Crippen LogP contribution in [0.1, 0.15) is 112 Å². The number of carboxylic acid groups (broad SMARTS) is 1. The standard InChI is InChI=1S/C49H57N8O18P3/c50-49-53-44-37(46(61)54-49)52-25-57(44)47-41(59)40(58)35(72-47)24-71-77(66,67)75-78(68,69)74-76(64,65)70-20-4-2-1-3-15-51-45(60)28-13-14-29(48(62)63)32(23-28)36-33-21-26-9-5-16-55-18-7-11-30(38(26)55)42(33)73-43-31-12-8-19-56-17-6-10-27(39(31)56)22-34(36)43/h13-14,21-23,25,35,40-41,47,58-59H,1-12,15-20,24H2,(H7-,50,51,53,54,60,61,62,63,64,65,66,67,68,69)/p+1/t35-,40-,41-,47-/m1/s1. The molecule has 0 aliphatic carbocycles. The highest BCUT2D eigenvalue weighted by molar-refractivity contribution is 7.66. The third-order valence-corrected chi connectivity index (χ3v) is 19.2. The molecule has 5 aromatic rings. The van der Waals surface area contributed by atoms with Crippen LogP contribution in [0.2, 0.25) is 0 Å². The van der Waals surface area contributed by atoms with Crippen LogP contribution >= 0.6 is 23.5 Å². The number of aliphatic hydroxyl groups is 2. The molecule has 0 radical (unpaired) electrons. The number of fused-ring (bicyclic) bond motifs is 5. The summed E-state index contributed by atoms with van der Waals surface area (Å²) >= 11 is 0. The molecule has 6 aliphatic heterocycles. The summed E-state index contributed by atoms with van der Waals surface area (Å²) in [6.07, 6.45) is 3.44. The van der Waals surface area contributed by atoms with Crippen molar-refractivity contribution in [2.45, 2.75) is 102 Å². The lowest BCUT2D eigenvalue weighted by Gasteiger charge is -2.39. The zero-order valence-electron chi connectivity index (χ0n) is 41.9. The lowest BCUT2D eigenvalue weighted by atomic mass is 9.81. The predicted molar refractivity (Wildman–Crippen MR) is 277 cm³/mol. The first-order chi connectivity index (χ1) is 37.3. The number of aromatic nitrogens is 4. The van der Waals surface area contributed by atoms with E-state index in [2.05, 4.69) is 55.0 Å². The fourth-order valence-corrected chi connectivity index (χ4v) is 15.2. The van der Waals surface area contributed by atoms with Crippen molar-refractivity contribution < 1.29 is 80.4 Å². The molecule has 7 atom stereocenters. The zero-order valence-corrected chi connectivity index (χ0v) is 44.6. The van der Waals surface area contributed by atoms with Gasteiger partial charge in [0.25, 0.3) is 11.5 Å². The molecule has 1 saturated heterocycles. The van der Waals surface area contributed by atoms with Gasteiger partial charge in [-0.1, -0.05) is 12.8 Å². The number of unbranched alkanes of at least 4 members (excludes halogenated alkanes) is 3. The Balaban J connectivity index is 0.697. The monoisotopic (exact) mass is 1140 g/mol. The first-order valence-corrected chi connectivity index (χ1v) is 30.3. The van der Waals surface area contributed by atoms with Gasteiger partial charge in [-0.2, -0.15) is 13.6 Å². The number of nitrogens with zero attached hydrogens (tertiary/aromatic N) is 5. The Morgan fingerprint density at radius 1 is 0.846 bits per heavy atom. The van der Waals surface area contributed by atoms with E-state index in [1.807, 2.05) is 0 Å². The molecule has 10 N–H and O–H groups in total. The van der Waals surface area contributed by atoms with Crippen molar-refractivity contribution in [2.75, 3.05) is 56.6 Å². The van der Waals surface area contributed by atoms with Crippen LogP contribution in [-0.4, -0.2) is 126 Å². The molecule has 1 fully saturated rings. The van der Waals surface area contributed by atoms with E-state index < -0.39 is 78.7 Å². The first kappa shape index (κ1) is 54.3. The van der Waals surface area contributed by atoms with Crippen molar-refractivity contribution in [1.82, 2.24) is 29.4 Å². The Labute approximate surface area is 443 Å². The van der Waals surface area contributed by atoms with Gasteiger partial charge in [0.15, 0.2) is 17.4 Å². The van der Waals surface area contributed by atoms with Crippen LogP contribution in [-0.2, 0) is 61.8 Å². The molecule has 0 spiro atoms. The number of hydrogen-bond acceptors (Lipinski definition) is 18. The molecule has 29 heteroatoms. The van der Waals surface area contributed by atoms with Crippen LogP contribution in [0.15, 0.2) is 41.5 Å². The van der Waals surface area contributed by atoms with Gasteiger partial charge < -0.3 is 55.4 Å². The molecule has 416 valence electrons. The number of H-pyrrole nitrogens is 1. The van der Waals surface area contributed by atoms with Gasteiger partial charge in [-0.15, -0.1) is 0 Å². The van der Waals surface area contributed by atoms with Gasteiger partial charge in [-0.3, -0.25) is 28.2 Å². The Morgan fingerprint density at radius 2 is 1.56 bits per heavy atom. The van der Waals surface area contributed by atoms with E-state index in [0.29, 0.717) is 24.8 Å². The van der Waals surface area contributed by atoms with Crippen LogP contribution in [0.4, 0.5) is 11.6 Å². The number of phosphoric ester groups is 2. The van der Waals surface area contributed by atoms with Gasteiger partial charge in [-0.25, -0.2) is 28.0 Å². The molecular formula is C49H58N8O18P3+. The summed E-state index contributed by atoms with van der Waals surface area (Å²) in [6, 6.07) is 9.03. The Kier molecular flexibility index (Phi) is 14.9. The van der Waals surface area contributed by atoms with Crippen molar-refractivity contribution >= 4 is 63.7 Å². The Bertz CT molecular complexity index is 3620. The van der Waals surface area contributed by atoms with E-state index in [-0.39, 0.29) is 41.2 Å². The number of rotatable bonds is 19. The number of aromatic amines is 1. The number of anilines is 2. The largest absolute Gasteiger partial charge is 0.490 e. The molecule has 8 heterocycles. The van der Waals surface area contributed by atoms with E-state index in [0.717, 1.165) is 127 Å². The minimum absolute atomic E-state index is 0.0649. The van der Waals surface area contributed by atoms with Crippen molar-refractivity contribution in [3.63, 3.8) is 0 Å². The van der Waals surface area contributed by atoms with Gasteiger partial charge in [0.05, 0.1) is 30.7 Å². The van der Waals surface area contributed by atoms with Crippen molar-refractivity contribution in [2.24, 2.45) is 0 Å². The summed E-state index contributed by atoms with van der Waals surface area (Å²) < 4.78 is 71.8. The van der Waals surface area contributed by atoms with Gasteiger partial charge in [-0.05, 0) is 92.8 Å². The molecular weight excluding hydrogens is 1080 g/mol. The van der Waals surface area contributed by atoms with Crippen molar-refractivity contribution in [3.05, 3.63) is 102 Å². The SMILES string of the molecule is Nc1nc2c(ncn2[C@@H]2O[C@H](COP(=O)(O)OP(=O)(O)OP(=O)(O)OCCCCCCNC(=O)c3ccc(C(=O)O)c(C4=c5cc6c7c(c5Oc5c4cc4c8c5CCCN8CCC4)CCC[N+]=7CCC6)c3)[C@@H](O)[C@H]2O)c(=O)[nH]1. The number of carbonyl (C=O) groups excluding carboxylic acids is 1. The van der Waals surface area contributed by atoms with Crippen molar-refractivity contribution in [3.8, 4) is 11.5 Å². The molecule has 11 rings (SSSR count). The predicted octanol–water partition coefficient (Wildman–Crippen LogP) is 2.81. The molecule has 2 aromatic heterocycles. The van der Waals surface area contributed by atoms with E-state index in [9.17, 15) is 58.1 Å². The number of nitrogens with two attached hydrogens (primary N) is 1. The molecule has 1 amide bonds. The Hall–Kier alpha value is -5.69. The minimum Gasteiger partial charge on any atom is -0.478 e. The van der Waals surface area contributed by atoms with Gasteiger partial charge in [0.1, 0.15) is 42.9 Å². The average molecular weight is 1140 g/mol. The third kappa shape index (κ3) is 10.6. The third-order valence-electron chi connectivity index (χ3n) is 15.0. The topological polar surface area (TPSA) is 370 Å². The summed E-state index contributed by atoms with van der Waals surface area (Å²) in [5, 5.41) is 36.9. The maximum Gasteiger partial charge on any atom is 0.490 e. The lowest BCUT2D eigenvalue weighted by Crippen LogP contribution is -2.45. The summed E-state index contributed by atoms with van der Waals surface area (Å²) in [5.41, 5.74) is 12.9. The summed E-state index contributed by atoms with van der Waals surface area (Å²) in [6.45, 7) is 2.63. The number of hydrogen-bond donors (Lipinski definition) is 9. The number of phosphoric acid groups is 3. The smallest absolute Gasteiger partial charge is 0.478 e. The summed E-state index contributed by atoms with van der Waals surface area (Å²) in [5.74, 6) is -0.293. The number of ether oxygens (including phenoxy) is 2. The molecule has 0 saturated carbocycles. The van der Waals surface area contributed by atoms with Crippen LogP contribution in [0.25, 0.3) is 16.7 Å². The number of aromatic carboxylic acids is 1. The highest BCUT2D eigenvalue weighted by Gasteiger charge is 2.48. The van der Waals surface area contributed by atoms with Crippen LogP contribution < -0.4 is 41.4 Å². The molecule has 0 bridgehead atoms. The average Bonchev–Trinajstić information content (AvgIpc) is 3.60. The number of carbonyl (C=O) groups is 2. The molecule has 78 heavy (non-hydrogen) atoms. The minimum atomic E-state index is -5.86. The molecule has 6 aliphatic rings. The van der Waals surface area contributed by atoms with Crippen LogP contribution in [0.3, 0.4) is 0 Å². The quantitative estimate of drug-likeness (QED) is 0.0320. The first-order valence-electron chi connectivity index (χ1n) is 25.8. The number of benzene rings is 3. The highest BCUT2D eigenvalue weighted by atomic mass is 31.3. The second-order valence-electron chi connectivity index (χ2n) is 20.1. The maximum absolute atomic E-state index is 13.9. The molecule has 26 nitrogen and oxygen atoms in total. The number of carboxylic acids is 1. The van der Waals surface area contributed by atoms with Gasteiger partial charge in [0.2, 0.25) is 11.3 Å². The number of imidazole rings is 1. The lowest BCUT2D eigenvalue weighted by molar-refractivity contribution is -0.0503. The van der Waals surface area contributed by atoms with E-state index in [1.165, 1.54) is 34.3 Å². The highest BCUT2D eigenvalue weighted by Crippen LogP contribution is 2.68. The summed E-state index contributed by atoms with van der Waals surface area (Å²) in [4.78, 5) is 82.1. The fraction of sp³-hybridized carbons (Fsp3) is 0.469. The second kappa shape index (κ2) is 21.4. The number of nitrogen functional groups attached to an aromatic ring is 1. The summed E-state index contributed by atoms with van der Waals surface area (Å²) in [7, 11) is -16.9. The van der Waals surface area contributed by atoms with E-state index >= 15 is 0 Å².